The van der Waals surface area contributed by atoms with Crippen molar-refractivity contribution in [2.75, 3.05) is 17.7 Å². The number of anilines is 2. The smallest absolute Gasteiger partial charge is 0.229 e. The van der Waals surface area contributed by atoms with Crippen LogP contribution in [0.15, 0.2) is 24.3 Å². The fourth-order valence-electron chi connectivity index (χ4n) is 1.04. The monoisotopic (exact) mass is 206 g/mol. The van der Waals surface area contributed by atoms with Crippen LogP contribution in [0, 0.1) is 5.41 Å². The molecular formula is C12H18N2O. The maximum atomic E-state index is 11.7. The molecule has 1 amide bonds. The van der Waals surface area contributed by atoms with Crippen LogP contribution in [0.5, 0.6) is 0 Å². The molecule has 0 fully saturated rings. The second kappa shape index (κ2) is 4.34. The molecule has 0 bridgehead atoms. The average molecular weight is 206 g/mol. The molecule has 0 radical (unpaired) electrons. The maximum Gasteiger partial charge on any atom is 0.229 e. The molecule has 1 aromatic carbocycles. The summed E-state index contributed by atoms with van der Waals surface area (Å²) in [6, 6.07) is 7.63. The molecule has 0 saturated carbocycles. The molecule has 0 aliphatic rings. The molecule has 0 atom stereocenters. The Morgan fingerprint density at radius 3 is 1.93 bits per heavy atom. The number of carbonyl (C=O) groups is 1. The highest BCUT2D eigenvalue weighted by atomic mass is 16.2. The van der Waals surface area contributed by atoms with E-state index in [1.807, 2.05) is 52.1 Å². The summed E-state index contributed by atoms with van der Waals surface area (Å²) in [5, 5.41) is 5.89. The van der Waals surface area contributed by atoms with E-state index in [9.17, 15) is 4.79 Å². The first kappa shape index (κ1) is 11.6. The van der Waals surface area contributed by atoms with Crippen molar-refractivity contribution >= 4 is 17.3 Å². The van der Waals surface area contributed by atoms with Gasteiger partial charge < -0.3 is 10.6 Å². The van der Waals surface area contributed by atoms with Crippen LogP contribution < -0.4 is 10.6 Å². The Morgan fingerprint density at radius 1 is 1.07 bits per heavy atom. The van der Waals surface area contributed by atoms with Gasteiger partial charge in [0.15, 0.2) is 0 Å². The Kier molecular flexibility index (Phi) is 3.35. The lowest BCUT2D eigenvalue weighted by atomic mass is 9.95. The van der Waals surface area contributed by atoms with Gasteiger partial charge in [0.1, 0.15) is 0 Å². The Morgan fingerprint density at radius 2 is 1.53 bits per heavy atom. The summed E-state index contributed by atoms with van der Waals surface area (Å²) >= 11 is 0. The first-order chi connectivity index (χ1) is 6.93. The first-order valence-electron chi connectivity index (χ1n) is 5.03. The number of hydrogen-bond donors (Lipinski definition) is 2. The fraction of sp³-hybridized carbons (Fsp3) is 0.417. The lowest BCUT2D eigenvalue weighted by molar-refractivity contribution is -0.123. The number of carbonyl (C=O) groups excluding carboxylic acids is 1. The van der Waals surface area contributed by atoms with Crippen LogP contribution in [0.2, 0.25) is 0 Å². The molecule has 0 aliphatic heterocycles. The van der Waals surface area contributed by atoms with Gasteiger partial charge in [-0.2, -0.15) is 0 Å². The van der Waals surface area contributed by atoms with E-state index in [4.69, 9.17) is 0 Å². The van der Waals surface area contributed by atoms with Crippen LogP contribution >= 0.6 is 0 Å². The molecule has 2 N–H and O–H groups in total. The highest BCUT2D eigenvalue weighted by Gasteiger charge is 2.20. The van der Waals surface area contributed by atoms with Gasteiger partial charge >= 0.3 is 0 Å². The lowest BCUT2D eigenvalue weighted by Gasteiger charge is -2.17. The Labute approximate surface area is 90.9 Å². The predicted octanol–water partition coefficient (Wildman–Crippen LogP) is 2.71. The van der Waals surface area contributed by atoms with Crippen LogP contribution in [-0.4, -0.2) is 13.0 Å². The normalized spacial score (nSPS) is 10.9. The van der Waals surface area contributed by atoms with Gasteiger partial charge in [-0.15, -0.1) is 0 Å². The third-order valence-electron chi connectivity index (χ3n) is 2.11. The van der Waals surface area contributed by atoms with E-state index in [-0.39, 0.29) is 11.3 Å². The first-order valence-corrected chi connectivity index (χ1v) is 5.03. The molecule has 0 saturated heterocycles. The summed E-state index contributed by atoms with van der Waals surface area (Å²) in [5.74, 6) is 0.0275. The molecule has 3 heteroatoms. The van der Waals surface area contributed by atoms with Gasteiger partial charge in [0, 0.05) is 23.8 Å². The van der Waals surface area contributed by atoms with E-state index in [1.54, 1.807) is 0 Å². The fourth-order valence-corrected chi connectivity index (χ4v) is 1.04. The SMILES string of the molecule is CNc1ccc(NC(=O)C(C)(C)C)cc1. The van der Waals surface area contributed by atoms with Gasteiger partial charge in [0.2, 0.25) is 5.91 Å². The van der Waals surface area contributed by atoms with Gasteiger partial charge in [0.25, 0.3) is 0 Å². The molecule has 1 rings (SSSR count). The van der Waals surface area contributed by atoms with Crippen molar-refractivity contribution in [2.24, 2.45) is 5.41 Å². The van der Waals surface area contributed by atoms with Gasteiger partial charge in [-0.25, -0.2) is 0 Å². The minimum Gasteiger partial charge on any atom is -0.388 e. The van der Waals surface area contributed by atoms with Crippen molar-refractivity contribution in [1.82, 2.24) is 0 Å². The third-order valence-corrected chi connectivity index (χ3v) is 2.11. The van der Waals surface area contributed by atoms with Crippen molar-refractivity contribution in [2.45, 2.75) is 20.8 Å². The number of rotatable bonds is 2. The summed E-state index contributed by atoms with van der Waals surface area (Å²) in [4.78, 5) is 11.7. The zero-order valence-corrected chi connectivity index (χ0v) is 9.72. The molecule has 0 aromatic heterocycles. The molecule has 3 nitrogen and oxygen atoms in total. The predicted molar refractivity (Wildman–Crippen MR) is 64.1 cm³/mol. The van der Waals surface area contributed by atoms with Crippen LogP contribution in [0.3, 0.4) is 0 Å². The van der Waals surface area contributed by atoms with E-state index in [2.05, 4.69) is 10.6 Å². The van der Waals surface area contributed by atoms with Gasteiger partial charge in [-0.05, 0) is 24.3 Å². The van der Waals surface area contributed by atoms with Crippen LogP contribution in [0.4, 0.5) is 11.4 Å². The molecule has 0 heterocycles. The molecule has 0 aliphatic carbocycles. The van der Waals surface area contributed by atoms with Crippen LogP contribution in [-0.2, 0) is 4.79 Å². The number of hydrogen-bond acceptors (Lipinski definition) is 2. The van der Waals surface area contributed by atoms with E-state index in [0.717, 1.165) is 11.4 Å². The summed E-state index contributed by atoms with van der Waals surface area (Å²) < 4.78 is 0. The minimum atomic E-state index is -0.359. The molecule has 15 heavy (non-hydrogen) atoms. The van der Waals surface area contributed by atoms with Crippen LogP contribution in [0.25, 0.3) is 0 Å². The Bertz CT molecular complexity index is 336. The summed E-state index contributed by atoms with van der Waals surface area (Å²) in [6.45, 7) is 5.68. The Balaban J connectivity index is 2.70. The molecule has 1 aromatic rings. The molecular weight excluding hydrogens is 188 g/mol. The highest BCUT2D eigenvalue weighted by molar-refractivity contribution is 5.94. The van der Waals surface area contributed by atoms with E-state index < -0.39 is 0 Å². The van der Waals surface area contributed by atoms with Gasteiger partial charge in [-0.1, -0.05) is 20.8 Å². The Hall–Kier alpha value is -1.51. The highest BCUT2D eigenvalue weighted by Crippen LogP contribution is 2.18. The number of nitrogens with one attached hydrogen (secondary N) is 2. The van der Waals surface area contributed by atoms with Crippen molar-refractivity contribution in [3.05, 3.63) is 24.3 Å². The van der Waals surface area contributed by atoms with E-state index in [1.165, 1.54) is 0 Å². The largest absolute Gasteiger partial charge is 0.388 e. The molecule has 0 unspecified atom stereocenters. The van der Waals surface area contributed by atoms with Crippen molar-refractivity contribution < 1.29 is 4.79 Å². The molecule has 0 spiro atoms. The quantitative estimate of drug-likeness (QED) is 0.781. The lowest BCUT2D eigenvalue weighted by Crippen LogP contribution is -2.27. The zero-order chi connectivity index (χ0) is 11.5. The van der Waals surface area contributed by atoms with Crippen molar-refractivity contribution in [3.8, 4) is 0 Å². The van der Waals surface area contributed by atoms with Gasteiger partial charge in [0.05, 0.1) is 0 Å². The molecule has 82 valence electrons. The standard InChI is InChI=1S/C12H18N2O/c1-12(2,3)11(15)14-10-7-5-9(13-4)6-8-10/h5-8,13H,1-4H3,(H,14,15). The second-order valence-corrected chi connectivity index (χ2v) is 4.53. The van der Waals surface area contributed by atoms with Crippen molar-refractivity contribution in [1.29, 1.82) is 0 Å². The summed E-state index contributed by atoms with van der Waals surface area (Å²) in [6.07, 6.45) is 0. The van der Waals surface area contributed by atoms with Gasteiger partial charge in [-0.3, -0.25) is 4.79 Å². The summed E-state index contributed by atoms with van der Waals surface area (Å²) in [5.41, 5.74) is 1.50. The maximum absolute atomic E-state index is 11.7. The number of benzene rings is 1. The zero-order valence-electron chi connectivity index (χ0n) is 9.72. The minimum absolute atomic E-state index is 0.0275. The van der Waals surface area contributed by atoms with Crippen molar-refractivity contribution in [3.63, 3.8) is 0 Å². The van der Waals surface area contributed by atoms with E-state index >= 15 is 0 Å². The topological polar surface area (TPSA) is 41.1 Å². The second-order valence-electron chi connectivity index (χ2n) is 4.53. The number of amides is 1. The van der Waals surface area contributed by atoms with E-state index in [0.29, 0.717) is 0 Å². The van der Waals surface area contributed by atoms with Crippen LogP contribution in [0.1, 0.15) is 20.8 Å². The third kappa shape index (κ3) is 3.27. The average Bonchev–Trinajstić information content (AvgIpc) is 2.17. The summed E-state index contributed by atoms with van der Waals surface area (Å²) in [7, 11) is 1.86.